The van der Waals surface area contributed by atoms with Crippen molar-refractivity contribution in [1.82, 2.24) is 4.98 Å². The van der Waals surface area contributed by atoms with Crippen LogP contribution in [0.25, 0.3) is 0 Å². The van der Waals surface area contributed by atoms with Gasteiger partial charge in [-0.2, -0.15) is 0 Å². The highest BCUT2D eigenvalue weighted by atomic mass is 35.5. The number of nitrogens with zero attached hydrogens (tertiary/aromatic N) is 1. The molecule has 0 aromatic carbocycles. The SMILES string of the molecule is CCC(CC)Nc1ccnc(Cl)c1. The maximum absolute atomic E-state index is 5.76. The number of hydrogen-bond acceptors (Lipinski definition) is 2. The Morgan fingerprint density at radius 1 is 1.46 bits per heavy atom. The number of nitrogens with one attached hydrogen (secondary N) is 1. The first-order valence-electron chi connectivity index (χ1n) is 4.64. The number of rotatable bonds is 4. The first-order valence-corrected chi connectivity index (χ1v) is 5.02. The van der Waals surface area contributed by atoms with Crippen LogP contribution in [-0.4, -0.2) is 11.0 Å². The minimum absolute atomic E-state index is 0.526. The minimum atomic E-state index is 0.526. The zero-order valence-corrected chi connectivity index (χ0v) is 8.80. The van der Waals surface area contributed by atoms with Gasteiger partial charge < -0.3 is 5.32 Å². The van der Waals surface area contributed by atoms with E-state index < -0.39 is 0 Å². The summed E-state index contributed by atoms with van der Waals surface area (Å²) in [4.78, 5) is 3.92. The standard InChI is InChI=1S/C10H15ClN2/c1-3-8(4-2)13-9-5-6-12-10(11)7-9/h5-8H,3-4H2,1-2H3,(H,12,13). The fourth-order valence-electron chi connectivity index (χ4n) is 1.22. The van der Waals surface area contributed by atoms with E-state index in [2.05, 4.69) is 24.1 Å². The molecule has 0 aliphatic heterocycles. The number of halogens is 1. The predicted octanol–water partition coefficient (Wildman–Crippen LogP) is 3.34. The summed E-state index contributed by atoms with van der Waals surface area (Å²) in [5.74, 6) is 0. The number of pyridine rings is 1. The summed E-state index contributed by atoms with van der Waals surface area (Å²) in [6.07, 6.45) is 3.96. The Bertz CT molecular complexity index is 259. The highest BCUT2D eigenvalue weighted by molar-refractivity contribution is 6.29. The topological polar surface area (TPSA) is 24.9 Å². The van der Waals surface area contributed by atoms with Gasteiger partial charge >= 0.3 is 0 Å². The summed E-state index contributed by atoms with van der Waals surface area (Å²) >= 11 is 5.76. The Labute approximate surface area is 84.3 Å². The third kappa shape index (κ3) is 3.23. The van der Waals surface area contributed by atoms with E-state index in [4.69, 9.17) is 11.6 Å². The molecule has 0 saturated heterocycles. The van der Waals surface area contributed by atoms with E-state index in [9.17, 15) is 0 Å². The lowest BCUT2D eigenvalue weighted by Crippen LogP contribution is -2.16. The second-order valence-corrected chi connectivity index (χ2v) is 3.41. The second-order valence-electron chi connectivity index (χ2n) is 3.02. The van der Waals surface area contributed by atoms with E-state index in [-0.39, 0.29) is 0 Å². The number of aromatic nitrogens is 1. The number of hydrogen-bond donors (Lipinski definition) is 1. The van der Waals surface area contributed by atoms with Gasteiger partial charge in [0.1, 0.15) is 5.15 Å². The van der Waals surface area contributed by atoms with Gasteiger partial charge in [-0.15, -0.1) is 0 Å². The molecule has 1 aromatic heterocycles. The first-order chi connectivity index (χ1) is 6.26. The molecular weight excluding hydrogens is 184 g/mol. The Morgan fingerprint density at radius 2 is 2.15 bits per heavy atom. The van der Waals surface area contributed by atoms with Gasteiger partial charge in [-0.1, -0.05) is 25.4 Å². The lowest BCUT2D eigenvalue weighted by Gasteiger charge is -2.15. The van der Waals surface area contributed by atoms with Crippen molar-refractivity contribution in [2.24, 2.45) is 0 Å². The van der Waals surface area contributed by atoms with Crippen LogP contribution in [0.3, 0.4) is 0 Å². The lowest BCUT2D eigenvalue weighted by molar-refractivity contribution is 0.671. The van der Waals surface area contributed by atoms with Crippen molar-refractivity contribution in [2.45, 2.75) is 32.7 Å². The summed E-state index contributed by atoms with van der Waals surface area (Å²) in [6, 6.07) is 4.31. The zero-order valence-electron chi connectivity index (χ0n) is 8.05. The van der Waals surface area contributed by atoms with Crippen LogP contribution in [0.4, 0.5) is 5.69 Å². The summed E-state index contributed by atoms with van der Waals surface area (Å²) in [5.41, 5.74) is 1.05. The fourth-order valence-corrected chi connectivity index (χ4v) is 1.39. The third-order valence-corrected chi connectivity index (χ3v) is 2.29. The molecule has 0 saturated carbocycles. The van der Waals surface area contributed by atoms with Gasteiger partial charge in [0.15, 0.2) is 0 Å². The molecule has 0 radical (unpaired) electrons. The maximum atomic E-state index is 5.76. The maximum Gasteiger partial charge on any atom is 0.131 e. The van der Waals surface area contributed by atoms with E-state index in [0.29, 0.717) is 11.2 Å². The Hall–Kier alpha value is -0.760. The van der Waals surface area contributed by atoms with E-state index in [1.54, 1.807) is 6.20 Å². The Morgan fingerprint density at radius 3 is 2.69 bits per heavy atom. The second kappa shape index (κ2) is 5.07. The molecule has 0 bridgehead atoms. The predicted molar refractivity (Wildman–Crippen MR) is 57.2 cm³/mol. The van der Waals surface area contributed by atoms with Crippen molar-refractivity contribution in [3.8, 4) is 0 Å². The van der Waals surface area contributed by atoms with E-state index in [0.717, 1.165) is 18.5 Å². The minimum Gasteiger partial charge on any atom is -0.382 e. The Balaban J connectivity index is 2.62. The van der Waals surface area contributed by atoms with Crippen molar-refractivity contribution in [2.75, 3.05) is 5.32 Å². The van der Waals surface area contributed by atoms with Gasteiger partial charge in [0, 0.05) is 17.9 Å². The highest BCUT2D eigenvalue weighted by Gasteiger charge is 2.02. The van der Waals surface area contributed by atoms with Crippen molar-refractivity contribution >= 4 is 17.3 Å². The molecule has 1 heterocycles. The van der Waals surface area contributed by atoms with Crippen LogP contribution < -0.4 is 5.32 Å². The molecule has 1 aromatic rings. The smallest absolute Gasteiger partial charge is 0.131 e. The monoisotopic (exact) mass is 198 g/mol. The van der Waals surface area contributed by atoms with Crippen LogP contribution in [0.5, 0.6) is 0 Å². The summed E-state index contributed by atoms with van der Waals surface area (Å²) in [6.45, 7) is 4.34. The molecule has 0 fully saturated rings. The van der Waals surface area contributed by atoms with E-state index >= 15 is 0 Å². The third-order valence-electron chi connectivity index (χ3n) is 2.08. The molecule has 72 valence electrons. The van der Waals surface area contributed by atoms with Crippen LogP contribution in [0.1, 0.15) is 26.7 Å². The zero-order chi connectivity index (χ0) is 9.68. The molecule has 0 amide bonds. The average molecular weight is 199 g/mol. The lowest BCUT2D eigenvalue weighted by atomic mass is 10.1. The van der Waals surface area contributed by atoms with Gasteiger partial charge in [-0.3, -0.25) is 0 Å². The molecule has 2 nitrogen and oxygen atoms in total. The molecule has 0 spiro atoms. The summed E-state index contributed by atoms with van der Waals surface area (Å²) < 4.78 is 0. The van der Waals surface area contributed by atoms with Gasteiger partial charge in [-0.05, 0) is 25.0 Å². The molecule has 3 heteroatoms. The van der Waals surface area contributed by atoms with Gasteiger partial charge in [0.2, 0.25) is 0 Å². The Kier molecular flexibility index (Phi) is 4.03. The van der Waals surface area contributed by atoms with Crippen LogP contribution in [0.15, 0.2) is 18.3 Å². The van der Waals surface area contributed by atoms with Crippen LogP contribution >= 0.6 is 11.6 Å². The van der Waals surface area contributed by atoms with Gasteiger partial charge in [0.05, 0.1) is 0 Å². The molecule has 0 aliphatic rings. The van der Waals surface area contributed by atoms with Gasteiger partial charge in [-0.25, -0.2) is 4.98 Å². The quantitative estimate of drug-likeness (QED) is 0.751. The molecule has 13 heavy (non-hydrogen) atoms. The molecular formula is C10H15ClN2. The van der Waals surface area contributed by atoms with Crippen molar-refractivity contribution in [3.63, 3.8) is 0 Å². The van der Waals surface area contributed by atoms with Crippen LogP contribution in [0, 0.1) is 0 Å². The van der Waals surface area contributed by atoms with Crippen molar-refractivity contribution in [1.29, 1.82) is 0 Å². The van der Waals surface area contributed by atoms with E-state index in [1.807, 2.05) is 12.1 Å². The first kappa shape index (κ1) is 10.3. The molecule has 1 N–H and O–H groups in total. The molecule has 1 rings (SSSR count). The van der Waals surface area contributed by atoms with E-state index in [1.165, 1.54) is 0 Å². The molecule has 0 aliphatic carbocycles. The normalized spacial score (nSPS) is 10.5. The van der Waals surface area contributed by atoms with Crippen LogP contribution in [0.2, 0.25) is 5.15 Å². The fraction of sp³-hybridized carbons (Fsp3) is 0.500. The van der Waals surface area contributed by atoms with Crippen molar-refractivity contribution in [3.05, 3.63) is 23.5 Å². The summed E-state index contributed by atoms with van der Waals surface area (Å²) in [7, 11) is 0. The highest BCUT2D eigenvalue weighted by Crippen LogP contribution is 2.14. The van der Waals surface area contributed by atoms with Gasteiger partial charge in [0.25, 0.3) is 0 Å². The molecule has 0 atom stereocenters. The van der Waals surface area contributed by atoms with Crippen LogP contribution in [-0.2, 0) is 0 Å². The van der Waals surface area contributed by atoms with Crippen molar-refractivity contribution < 1.29 is 0 Å². The average Bonchev–Trinajstić information content (AvgIpc) is 2.14. The summed E-state index contributed by atoms with van der Waals surface area (Å²) in [5, 5.41) is 3.93. The molecule has 0 unspecified atom stereocenters. The number of anilines is 1. The largest absolute Gasteiger partial charge is 0.382 e.